The first-order chi connectivity index (χ1) is 11.5. The molecule has 4 nitrogen and oxygen atoms in total. The number of esters is 1. The summed E-state index contributed by atoms with van der Waals surface area (Å²) in [6, 6.07) is 9.50. The van der Waals surface area contributed by atoms with Gasteiger partial charge in [0.2, 0.25) is 0 Å². The fraction of sp³-hybridized carbons (Fsp3) is 0.176. The number of hydrogen-bond donors (Lipinski definition) is 1. The molecule has 1 amide bonds. The van der Waals surface area contributed by atoms with Crippen LogP contribution in [-0.2, 0) is 16.0 Å². The lowest BCUT2D eigenvalue weighted by molar-refractivity contribution is -0.124. The molecule has 0 aliphatic rings. The molecule has 24 heavy (non-hydrogen) atoms. The number of nitrogens with one attached hydrogen (secondary N) is 1. The molecule has 0 bridgehead atoms. The Balaban J connectivity index is 1.74. The van der Waals surface area contributed by atoms with Gasteiger partial charge < -0.3 is 10.1 Å². The fourth-order valence-corrected chi connectivity index (χ4v) is 2.42. The number of benzene rings is 2. The molecule has 0 radical (unpaired) electrons. The van der Waals surface area contributed by atoms with Crippen LogP contribution in [0.3, 0.4) is 0 Å². The largest absolute Gasteiger partial charge is 0.452 e. The molecule has 0 aliphatic carbocycles. The van der Waals surface area contributed by atoms with Gasteiger partial charge in [-0.05, 0) is 58.2 Å². The van der Waals surface area contributed by atoms with E-state index in [0.717, 1.165) is 17.7 Å². The minimum Gasteiger partial charge on any atom is -0.452 e. The van der Waals surface area contributed by atoms with E-state index in [4.69, 9.17) is 4.74 Å². The molecule has 7 heteroatoms. The van der Waals surface area contributed by atoms with Crippen molar-refractivity contribution in [1.82, 2.24) is 5.32 Å². The molecule has 0 unspecified atom stereocenters. The van der Waals surface area contributed by atoms with Crippen LogP contribution in [0.15, 0.2) is 46.9 Å². The van der Waals surface area contributed by atoms with Crippen LogP contribution in [-0.4, -0.2) is 25.0 Å². The van der Waals surface area contributed by atoms with Crippen LogP contribution < -0.4 is 5.32 Å². The molecule has 0 aromatic heterocycles. The summed E-state index contributed by atoms with van der Waals surface area (Å²) in [4.78, 5) is 23.5. The molecule has 0 heterocycles. The Hall–Kier alpha value is -2.28. The highest BCUT2D eigenvalue weighted by atomic mass is 79.9. The zero-order valence-electron chi connectivity index (χ0n) is 12.5. The topological polar surface area (TPSA) is 55.4 Å². The summed E-state index contributed by atoms with van der Waals surface area (Å²) < 4.78 is 30.9. The summed E-state index contributed by atoms with van der Waals surface area (Å²) in [5, 5.41) is 2.59. The molecule has 1 N–H and O–H groups in total. The van der Waals surface area contributed by atoms with Gasteiger partial charge in [-0.2, -0.15) is 0 Å². The van der Waals surface area contributed by atoms with Crippen molar-refractivity contribution in [2.45, 2.75) is 6.42 Å². The quantitative estimate of drug-likeness (QED) is 0.761. The van der Waals surface area contributed by atoms with Crippen molar-refractivity contribution in [3.63, 3.8) is 0 Å². The van der Waals surface area contributed by atoms with Gasteiger partial charge in [-0.25, -0.2) is 13.6 Å². The van der Waals surface area contributed by atoms with E-state index < -0.39 is 24.3 Å². The van der Waals surface area contributed by atoms with Crippen molar-refractivity contribution in [1.29, 1.82) is 0 Å². The van der Waals surface area contributed by atoms with Crippen LogP contribution in [0.4, 0.5) is 8.78 Å². The molecule has 0 saturated heterocycles. The van der Waals surface area contributed by atoms with E-state index in [9.17, 15) is 18.4 Å². The Labute approximate surface area is 145 Å². The summed E-state index contributed by atoms with van der Waals surface area (Å²) >= 11 is 3.06. The van der Waals surface area contributed by atoms with E-state index in [0.29, 0.717) is 13.0 Å². The first-order valence-corrected chi connectivity index (χ1v) is 7.88. The lowest BCUT2D eigenvalue weighted by atomic mass is 10.1. The number of rotatable bonds is 6. The van der Waals surface area contributed by atoms with E-state index in [1.54, 1.807) is 12.1 Å². The van der Waals surface area contributed by atoms with Crippen molar-refractivity contribution < 1.29 is 23.1 Å². The van der Waals surface area contributed by atoms with Gasteiger partial charge in [-0.15, -0.1) is 0 Å². The first kappa shape index (κ1) is 18.1. The average Bonchev–Trinajstić information content (AvgIpc) is 2.54. The predicted octanol–water partition coefficient (Wildman–Crippen LogP) is 3.24. The number of amides is 1. The van der Waals surface area contributed by atoms with E-state index in [-0.39, 0.29) is 15.9 Å². The zero-order chi connectivity index (χ0) is 17.5. The van der Waals surface area contributed by atoms with Crippen molar-refractivity contribution in [3.8, 4) is 0 Å². The van der Waals surface area contributed by atoms with E-state index >= 15 is 0 Å². The molecular formula is C17H14BrF2NO3. The smallest absolute Gasteiger partial charge is 0.339 e. The van der Waals surface area contributed by atoms with E-state index in [1.165, 1.54) is 18.2 Å². The van der Waals surface area contributed by atoms with Gasteiger partial charge in [0.25, 0.3) is 5.91 Å². The Bertz CT molecular complexity index is 735. The summed E-state index contributed by atoms with van der Waals surface area (Å²) in [5.41, 5.74) is 1.01. The van der Waals surface area contributed by atoms with Gasteiger partial charge in [0.05, 0.1) is 5.56 Å². The lowest BCUT2D eigenvalue weighted by Gasteiger charge is -2.08. The Morgan fingerprint density at radius 1 is 1.04 bits per heavy atom. The normalized spacial score (nSPS) is 10.3. The van der Waals surface area contributed by atoms with Crippen molar-refractivity contribution in [3.05, 3.63) is 69.7 Å². The third kappa shape index (κ3) is 5.42. The molecule has 0 saturated carbocycles. The molecule has 2 aromatic rings. The molecule has 2 aromatic carbocycles. The van der Waals surface area contributed by atoms with Crippen LogP contribution >= 0.6 is 15.9 Å². The molecule has 0 spiro atoms. The maximum absolute atomic E-state index is 13.0. The molecular weight excluding hydrogens is 384 g/mol. The van der Waals surface area contributed by atoms with Crippen molar-refractivity contribution >= 4 is 27.8 Å². The number of carbonyl (C=O) groups is 2. The van der Waals surface area contributed by atoms with E-state index in [2.05, 4.69) is 21.2 Å². The van der Waals surface area contributed by atoms with Gasteiger partial charge in [-0.3, -0.25) is 4.79 Å². The molecule has 0 atom stereocenters. The lowest BCUT2D eigenvalue weighted by Crippen LogP contribution is -2.30. The van der Waals surface area contributed by atoms with Gasteiger partial charge in [0.1, 0.15) is 11.6 Å². The highest BCUT2D eigenvalue weighted by Gasteiger charge is 2.13. The van der Waals surface area contributed by atoms with E-state index in [1.807, 2.05) is 0 Å². The highest BCUT2D eigenvalue weighted by Crippen LogP contribution is 2.18. The number of ether oxygens (including phenoxy) is 1. The standard InChI is InChI=1S/C17H14BrF2NO3/c18-15-9-13(20)5-6-14(15)17(23)24-10-16(22)21-8-7-11-1-3-12(19)4-2-11/h1-6,9H,7-8,10H2,(H,21,22). The second kappa shape index (κ2) is 8.54. The van der Waals surface area contributed by atoms with Crippen LogP contribution in [0.25, 0.3) is 0 Å². The second-order valence-electron chi connectivity index (χ2n) is 4.93. The van der Waals surface area contributed by atoms with Crippen LogP contribution in [0.2, 0.25) is 0 Å². The second-order valence-corrected chi connectivity index (χ2v) is 5.78. The average molecular weight is 398 g/mol. The maximum atomic E-state index is 13.0. The third-order valence-corrected chi connectivity index (χ3v) is 3.79. The zero-order valence-corrected chi connectivity index (χ0v) is 14.1. The van der Waals surface area contributed by atoms with Crippen molar-refractivity contribution in [2.24, 2.45) is 0 Å². The third-order valence-electron chi connectivity index (χ3n) is 3.13. The first-order valence-electron chi connectivity index (χ1n) is 7.09. The Morgan fingerprint density at radius 2 is 1.71 bits per heavy atom. The predicted molar refractivity (Wildman–Crippen MR) is 87.5 cm³/mol. The van der Waals surface area contributed by atoms with Crippen LogP contribution in [0, 0.1) is 11.6 Å². The minimum absolute atomic E-state index is 0.135. The van der Waals surface area contributed by atoms with Gasteiger partial charge >= 0.3 is 5.97 Å². The fourth-order valence-electron chi connectivity index (χ4n) is 1.91. The number of hydrogen-bond acceptors (Lipinski definition) is 3. The summed E-state index contributed by atoms with van der Waals surface area (Å²) in [7, 11) is 0. The summed E-state index contributed by atoms with van der Waals surface area (Å²) in [6.45, 7) is -0.103. The monoisotopic (exact) mass is 397 g/mol. The number of carbonyl (C=O) groups excluding carboxylic acids is 2. The van der Waals surface area contributed by atoms with Gasteiger partial charge in [-0.1, -0.05) is 12.1 Å². The van der Waals surface area contributed by atoms with Gasteiger partial charge in [0, 0.05) is 11.0 Å². The highest BCUT2D eigenvalue weighted by molar-refractivity contribution is 9.10. The molecule has 126 valence electrons. The van der Waals surface area contributed by atoms with Gasteiger partial charge in [0.15, 0.2) is 6.61 Å². The minimum atomic E-state index is -0.726. The van der Waals surface area contributed by atoms with Crippen LogP contribution in [0.1, 0.15) is 15.9 Å². The summed E-state index contributed by atoms with van der Waals surface area (Å²) in [5.74, 6) is -1.99. The summed E-state index contributed by atoms with van der Waals surface area (Å²) in [6.07, 6.45) is 0.531. The molecule has 2 rings (SSSR count). The Kier molecular flexibility index (Phi) is 6.43. The Morgan fingerprint density at radius 3 is 2.38 bits per heavy atom. The number of halogens is 3. The molecule has 0 fully saturated rings. The SMILES string of the molecule is O=C(COC(=O)c1ccc(F)cc1Br)NCCc1ccc(F)cc1. The maximum Gasteiger partial charge on any atom is 0.339 e. The van der Waals surface area contributed by atoms with Crippen LogP contribution in [0.5, 0.6) is 0 Å². The molecule has 0 aliphatic heterocycles. The van der Waals surface area contributed by atoms with Crippen molar-refractivity contribution in [2.75, 3.05) is 13.2 Å².